The first-order chi connectivity index (χ1) is 11.4. The smallest absolute Gasteiger partial charge is 0.119 e. The molecule has 2 heterocycles. The van der Waals surface area contributed by atoms with Crippen molar-refractivity contribution < 1.29 is 4.74 Å². The number of likely N-dealkylation sites (tertiary alicyclic amines) is 1. The van der Waals surface area contributed by atoms with E-state index in [1.807, 2.05) is 12.3 Å². The van der Waals surface area contributed by atoms with Gasteiger partial charge in [-0.15, -0.1) is 0 Å². The minimum absolute atomic E-state index is 0.491. The Hall–Kier alpha value is -2.25. The molecule has 1 aromatic carbocycles. The minimum atomic E-state index is 0.491. The van der Waals surface area contributed by atoms with Crippen LogP contribution in [-0.4, -0.2) is 23.0 Å². The summed E-state index contributed by atoms with van der Waals surface area (Å²) in [6.07, 6.45) is 5.79. The average Bonchev–Trinajstić information content (AvgIpc) is 3.23. The van der Waals surface area contributed by atoms with Gasteiger partial charge in [0.05, 0.1) is 18.7 Å². The van der Waals surface area contributed by atoms with Crippen LogP contribution < -0.4 is 4.74 Å². The predicted octanol–water partition coefficient (Wildman–Crippen LogP) is 4.03. The molecule has 0 spiro atoms. The number of hydrogen-bond donors (Lipinski definition) is 1. The maximum atomic E-state index is 8.56. The van der Waals surface area contributed by atoms with Crippen LogP contribution in [0.2, 0.25) is 0 Å². The van der Waals surface area contributed by atoms with Gasteiger partial charge in [-0.25, -0.2) is 0 Å². The fourth-order valence-electron chi connectivity index (χ4n) is 3.23. The van der Waals surface area contributed by atoms with E-state index in [1.165, 1.54) is 24.1 Å². The van der Waals surface area contributed by atoms with Gasteiger partial charge >= 0.3 is 0 Å². The normalized spacial score (nSPS) is 18.0. The number of nitrogens with one attached hydrogen (secondary N) is 1. The maximum Gasteiger partial charge on any atom is 0.119 e. The first kappa shape index (κ1) is 15.6. The average molecular weight is 309 g/mol. The highest BCUT2D eigenvalue weighted by atomic mass is 16.5. The summed E-state index contributed by atoms with van der Waals surface area (Å²) in [5, 5.41) is 8.56. The van der Waals surface area contributed by atoms with Gasteiger partial charge < -0.3 is 9.72 Å². The number of nitrogens with zero attached hydrogens (tertiary/aromatic N) is 2. The van der Waals surface area contributed by atoms with Crippen LogP contribution in [-0.2, 0) is 6.54 Å². The van der Waals surface area contributed by atoms with Gasteiger partial charge in [-0.1, -0.05) is 12.1 Å². The van der Waals surface area contributed by atoms with E-state index in [0.717, 1.165) is 25.3 Å². The molecule has 1 aromatic heterocycles. The number of unbranched alkanes of at least 4 members (excludes halogenated alkanes) is 1. The van der Waals surface area contributed by atoms with Gasteiger partial charge in [0.25, 0.3) is 0 Å². The zero-order valence-electron chi connectivity index (χ0n) is 13.4. The molecule has 1 fully saturated rings. The Morgan fingerprint density at radius 2 is 2.26 bits per heavy atom. The van der Waals surface area contributed by atoms with Crippen molar-refractivity contribution in [3.63, 3.8) is 0 Å². The Balaban J connectivity index is 1.60. The molecule has 0 amide bonds. The topological polar surface area (TPSA) is 52.0 Å². The molecule has 1 aliphatic rings. The van der Waals surface area contributed by atoms with Gasteiger partial charge in [0.2, 0.25) is 0 Å². The summed E-state index contributed by atoms with van der Waals surface area (Å²) in [4.78, 5) is 5.88. The number of H-pyrrole nitrogens is 1. The Kier molecular flexibility index (Phi) is 5.33. The molecule has 0 saturated carbocycles. The second kappa shape index (κ2) is 7.85. The molecule has 0 bridgehead atoms. The number of rotatable bonds is 7. The Morgan fingerprint density at radius 1 is 1.30 bits per heavy atom. The number of nitriles is 1. The van der Waals surface area contributed by atoms with Crippen LogP contribution >= 0.6 is 0 Å². The highest BCUT2D eigenvalue weighted by Gasteiger charge is 2.26. The van der Waals surface area contributed by atoms with Crippen molar-refractivity contribution in [3.05, 3.63) is 53.9 Å². The molecule has 23 heavy (non-hydrogen) atoms. The summed E-state index contributed by atoms with van der Waals surface area (Å²) in [6.45, 7) is 2.68. The number of hydrogen-bond acceptors (Lipinski definition) is 3. The third-order valence-corrected chi connectivity index (χ3v) is 4.33. The van der Waals surface area contributed by atoms with E-state index in [4.69, 9.17) is 10.00 Å². The van der Waals surface area contributed by atoms with Gasteiger partial charge in [-0.2, -0.15) is 5.26 Å². The number of benzene rings is 1. The van der Waals surface area contributed by atoms with Crippen molar-refractivity contribution >= 4 is 0 Å². The molecular weight excluding hydrogens is 286 g/mol. The van der Waals surface area contributed by atoms with Gasteiger partial charge in [0, 0.05) is 24.9 Å². The van der Waals surface area contributed by atoms with Crippen LogP contribution in [0.1, 0.15) is 43.0 Å². The predicted molar refractivity (Wildman–Crippen MR) is 90.0 cm³/mol. The summed E-state index contributed by atoms with van der Waals surface area (Å²) >= 11 is 0. The lowest BCUT2D eigenvalue weighted by Gasteiger charge is -2.24. The third-order valence-electron chi connectivity index (χ3n) is 4.33. The second-order valence-electron chi connectivity index (χ2n) is 6.01. The second-order valence-corrected chi connectivity index (χ2v) is 6.01. The van der Waals surface area contributed by atoms with Gasteiger partial charge in [0.1, 0.15) is 5.75 Å². The molecule has 0 aliphatic carbocycles. The summed E-state index contributed by atoms with van der Waals surface area (Å²) in [7, 11) is 0. The van der Waals surface area contributed by atoms with Crippen molar-refractivity contribution in [2.75, 3.05) is 13.2 Å². The van der Waals surface area contributed by atoms with Crippen LogP contribution in [0, 0.1) is 11.3 Å². The molecule has 1 atom stereocenters. The van der Waals surface area contributed by atoms with Crippen LogP contribution in [0.5, 0.6) is 5.75 Å². The zero-order chi connectivity index (χ0) is 15.9. The molecule has 1 aliphatic heterocycles. The lowest BCUT2D eigenvalue weighted by molar-refractivity contribution is 0.244. The van der Waals surface area contributed by atoms with Crippen LogP contribution in [0.4, 0.5) is 0 Å². The van der Waals surface area contributed by atoms with E-state index in [0.29, 0.717) is 19.1 Å². The summed E-state index contributed by atoms with van der Waals surface area (Å²) in [5.41, 5.74) is 2.59. The minimum Gasteiger partial charge on any atom is -0.494 e. The van der Waals surface area contributed by atoms with E-state index in [-0.39, 0.29) is 0 Å². The summed E-state index contributed by atoms with van der Waals surface area (Å²) in [6, 6.07) is 15.2. The highest BCUT2D eigenvalue weighted by Crippen LogP contribution is 2.32. The van der Waals surface area contributed by atoms with Crippen molar-refractivity contribution in [2.45, 2.75) is 38.3 Å². The molecule has 120 valence electrons. The third kappa shape index (κ3) is 4.14. The first-order valence-electron chi connectivity index (χ1n) is 8.33. The SMILES string of the molecule is N#CCCCOc1cccc(CN2CCC[C@H]2c2ccc[nH]2)c1. The Labute approximate surface area is 137 Å². The van der Waals surface area contributed by atoms with Crippen LogP contribution in [0.25, 0.3) is 0 Å². The monoisotopic (exact) mass is 309 g/mol. The summed E-state index contributed by atoms with van der Waals surface area (Å²) < 4.78 is 5.74. The van der Waals surface area contributed by atoms with Gasteiger partial charge in [-0.05, 0) is 55.6 Å². The Bertz CT molecular complexity index is 645. The fraction of sp³-hybridized carbons (Fsp3) is 0.421. The molecule has 1 N–H and O–H groups in total. The Morgan fingerprint density at radius 3 is 3.09 bits per heavy atom. The number of aromatic nitrogens is 1. The van der Waals surface area contributed by atoms with E-state index in [2.05, 4.69) is 46.3 Å². The van der Waals surface area contributed by atoms with E-state index in [1.54, 1.807) is 0 Å². The molecule has 1 saturated heterocycles. The molecule has 4 heteroatoms. The first-order valence-corrected chi connectivity index (χ1v) is 8.33. The van der Waals surface area contributed by atoms with E-state index < -0.39 is 0 Å². The van der Waals surface area contributed by atoms with Gasteiger partial charge in [-0.3, -0.25) is 4.90 Å². The standard InChI is InChI=1S/C19H23N3O/c20-10-1-2-13-23-17-7-3-6-16(14-17)15-22-12-5-9-19(22)18-8-4-11-21-18/h3-4,6-8,11,14,19,21H,1-2,5,9,12-13,15H2/t19-/m0/s1. The van der Waals surface area contributed by atoms with Crippen molar-refractivity contribution in [1.29, 1.82) is 5.26 Å². The van der Waals surface area contributed by atoms with Crippen molar-refractivity contribution in [3.8, 4) is 11.8 Å². The molecule has 3 rings (SSSR count). The maximum absolute atomic E-state index is 8.56. The molecule has 4 nitrogen and oxygen atoms in total. The summed E-state index contributed by atoms with van der Waals surface area (Å²) in [5.74, 6) is 0.899. The molecular formula is C19H23N3O. The molecule has 0 radical (unpaired) electrons. The largest absolute Gasteiger partial charge is 0.494 e. The molecule has 2 aromatic rings. The van der Waals surface area contributed by atoms with Gasteiger partial charge in [0.15, 0.2) is 0 Å². The fourth-order valence-corrected chi connectivity index (χ4v) is 3.23. The lowest BCUT2D eigenvalue weighted by atomic mass is 10.1. The number of aromatic amines is 1. The van der Waals surface area contributed by atoms with Crippen molar-refractivity contribution in [2.24, 2.45) is 0 Å². The zero-order valence-corrected chi connectivity index (χ0v) is 13.4. The quantitative estimate of drug-likeness (QED) is 0.785. The number of ether oxygens (including phenoxy) is 1. The van der Waals surface area contributed by atoms with Crippen LogP contribution in [0.3, 0.4) is 0 Å². The van der Waals surface area contributed by atoms with Crippen LogP contribution in [0.15, 0.2) is 42.6 Å². The highest BCUT2D eigenvalue weighted by molar-refractivity contribution is 5.28. The lowest BCUT2D eigenvalue weighted by Crippen LogP contribution is -2.23. The molecule has 0 unspecified atom stereocenters. The van der Waals surface area contributed by atoms with E-state index in [9.17, 15) is 0 Å². The van der Waals surface area contributed by atoms with Crippen molar-refractivity contribution in [1.82, 2.24) is 9.88 Å². The van der Waals surface area contributed by atoms with E-state index >= 15 is 0 Å².